The fourth-order valence-corrected chi connectivity index (χ4v) is 9.05. The Balaban J connectivity index is 0.000000134. The first-order valence-electron chi connectivity index (χ1n) is 14.1. The Kier molecular flexibility index (Phi) is 10.3. The monoisotopic (exact) mass is 608 g/mol. The third-order valence-electron chi connectivity index (χ3n) is 9.38. The molecular formula is C34H40Cl2Zr. The average Bonchev–Trinajstić information content (AvgIpc) is 3.54. The molecule has 0 aliphatic heterocycles. The number of benzene rings is 2. The van der Waals surface area contributed by atoms with Gasteiger partial charge in [0.2, 0.25) is 0 Å². The van der Waals surface area contributed by atoms with E-state index in [4.69, 9.17) is 0 Å². The predicted molar refractivity (Wildman–Crippen MR) is 157 cm³/mol. The molecule has 194 valence electrons. The van der Waals surface area contributed by atoms with Gasteiger partial charge in [0, 0.05) is 0 Å². The topological polar surface area (TPSA) is 0 Å². The molecule has 2 aromatic carbocycles. The molecule has 2 aromatic rings. The molecule has 0 spiro atoms. The van der Waals surface area contributed by atoms with E-state index in [-0.39, 0.29) is 24.8 Å². The van der Waals surface area contributed by atoms with Crippen LogP contribution in [-0.4, -0.2) is 3.21 Å². The van der Waals surface area contributed by atoms with Crippen molar-refractivity contribution in [3.05, 3.63) is 83.5 Å². The molecule has 0 radical (unpaired) electrons. The Morgan fingerprint density at radius 1 is 0.784 bits per heavy atom. The summed E-state index contributed by atoms with van der Waals surface area (Å²) in [5.74, 6) is 3.21. The van der Waals surface area contributed by atoms with Gasteiger partial charge in [0.05, 0.1) is 0 Å². The maximum absolute atomic E-state index is 3.62. The minimum absolute atomic E-state index is 0. The number of hydrogen-bond donors (Lipinski definition) is 0. The SMILES string of the molecule is Cl.Cl.[C-]1=C(C23CC4CC(CC(C4)C2)C3)C=CC1.[Zr+2]=[C]1CCCCC1.[c-]1cccc2c1Cc1ccccc1-2. The van der Waals surface area contributed by atoms with Gasteiger partial charge in [-0.25, -0.2) is 11.6 Å². The predicted octanol–water partition coefficient (Wildman–Crippen LogP) is 9.46. The Bertz CT molecular complexity index is 1060. The molecule has 0 saturated heterocycles. The van der Waals surface area contributed by atoms with E-state index < -0.39 is 0 Å². The van der Waals surface area contributed by atoms with Crippen molar-refractivity contribution < 1.29 is 24.2 Å². The summed E-state index contributed by atoms with van der Waals surface area (Å²) >= 11 is 1.69. The van der Waals surface area contributed by atoms with Gasteiger partial charge in [0.25, 0.3) is 0 Å². The van der Waals surface area contributed by atoms with Crippen LogP contribution in [0.5, 0.6) is 0 Å². The van der Waals surface area contributed by atoms with Gasteiger partial charge < -0.3 is 0 Å². The fraction of sp³-hybridized carbons (Fsp3) is 0.500. The summed E-state index contributed by atoms with van der Waals surface area (Å²) in [4.78, 5) is 0. The minimum Gasteiger partial charge on any atom is -0.179 e. The van der Waals surface area contributed by atoms with Crippen LogP contribution in [0.3, 0.4) is 0 Å². The molecule has 7 aliphatic rings. The zero-order chi connectivity index (χ0) is 23.7. The summed E-state index contributed by atoms with van der Waals surface area (Å²) in [5.41, 5.74) is 7.71. The van der Waals surface area contributed by atoms with Gasteiger partial charge in [-0.15, -0.1) is 36.8 Å². The van der Waals surface area contributed by atoms with Gasteiger partial charge in [-0.1, -0.05) is 35.4 Å². The molecule has 37 heavy (non-hydrogen) atoms. The molecule has 4 bridgehead atoms. The quantitative estimate of drug-likeness (QED) is 0.241. The van der Waals surface area contributed by atoms with E-state index in [0.717, 1.165) is 30.6 Å². The van der Waals surface area contributed by atoms with Crippen molar-refractivity contribution >= 4 is 28.0 Å². The molecule has 0 nitrogen and oxygen atoms in total. The van der Waals surface area contributed by atoms with Crippen LogP contribution in [0.4, 0.5) is 0 Å². The first-order valence-corrected chi connectivity index (χ1v) is 15.3. The van der Waals surface area contributed by atoms with E-state index in [1.807, 2.05) is 6.07 Å². The molecule has 0 atom stereocenters. The van der Waals surface area contributed by atoms with Crippen LogP contribution in [0.2, 0.25) is 0 Å². The summed E-state index contributed by atoms with van der Waals surface area (Å²) in [6.45, 7) is 0. The van der Waals surface area contributed by atoms with Crippen molar-refractivity contribution in [1.82, 2.24) is 0 Å². The molecule has 3 heteroatoms. The second kappa shape index (κ2) is 13.1. The maximum atomic E-state index is 3.62. The molecule has 0 N–H and O–H groups in total. The van der Waals surface area contributed by atoms with Crippen molar-refractivity contribution in [1.29, 1.82) is 0 Å². The zero-order valence-corrected chi connectivity index (χ0v) is 26.0. The van der Waals surface area contributed by atoms with Gasteiger partial charge in [-0.3, -0.25) is 6.08 Å². The zero-order valence-electron chi connectivity index (χ0n) is 21.9. The van der Waals surface area contributed by atoms with Gasteiger partial charge in [-0.2, -0.15) is 35.9 Å². The number of fused-ring (bicyclic) bond motifs is 3. The van der Waals surface area contributed by atoms with Crippen molar-refractivity contribution in [2.75, 3.05) is 0 Å². The molecule has 0 aromatic heterocycles. The maximum Gasteiger partial charge on any atom is -0.0253 e. The van der Waals surface area contributed by atoms with E-state index in [2.05, 4.69) is 60.7 Å². The molecule has 0 unspecified atom stereocenters. The largest absolute Gasteiger partial charge is 0.179 e. The van der Waals surface area contributed by atoms with Gasteiger partial charge in [0.1, 0.15) is 0 Å². The van der Waals surface area contributed by atoms with Gasteiger partial charge >= 0.3 is 59.5 Å². The van der Waals surface area contributed by atoms with E-state index in [1.54, 1.807) is 52.3 Å². The molecular weight excluding hydrogens is 571 g/mol. The van der Waals surface area contributed by atoms with Crippen LogP contribution in [-0.2, 0) is 30.7 Å². The van der Waals surface area contributed by atoms with Crippen LogP contribution in [0, 0.1) is 35.3 Å². The Labute approximate surface area is 251 Å². The number of halogens is 2. The molecule has 7 aliphatic carbocycles. The summed E-state index contributed by atoms with van der Waals surface area (Å²) in [6.07, 6.45) is 26.9. The molecule has 0 amide bonds. The number of hydrogen-bond acceptors (Lipinski definition) is 0. The van der Waals surface area contributed by atoms with Crippen molar-refractivity contribution in [2.45, 2.75) is 83.5 Å². The summed E-state index contributed by atoms with van der Waals surface area (Å²) in [7, 11) is 0. The van der Waals surface area contributed by atoms with Crippen LogP contribution in [0.15, 0.2) is 60.2 Å². The van der Waals surface area contributed by atoms with Gasteiger partial charge in [0.15, 0.2) is 0 Å². The fourth-order valence-electron chi connectivity index (χ4n) is 8.19. The van der Waals surface area contributed by atoms with Crippen molar-refractivity contribution in [2.24, 2.45) is 23.2 Å². The second-order valence-electron chi connectivity index (χ2n) is 12.0. The van der Waals surface area contributed by atoms with E-state index in [0.29, 0.717) is 5.41 Å². The van der Waals surface area contributed by atoms with Crippen LogP contribution in [0.1, 0.15) is 88.2 Å². The second-order valence-corrected chi connectivity index (χ2v) is 13.7. The van der Waals surface area contributed by atoms with Gasteiger partial charge in [-0.05, 0) is 68.1 Å². The van der Waals surface area contributed by atoms with Crippen LogP contribution >= 0.6 is 24.8 Å². The Morgan fingerprint density at radius 2 is 1.43 bits per heavy atom. The summed E-state index contributed by atoms with van der Waals surface area (Å²) in [5, 5.41) is 0. The molecule has 5 saturated carbocycles. The van der Waals surface area contributed by atoms with E-state index in [1.165, 1.54) is 73.6 Å². The third kappa shape index (κ3) is 6.53. The first kappa shape index (κ1) is 29.2. The van der Waals surface area contributed by atoms with Crippen LogP contribution in [0.25, 0.3) is 11.1 Å². The Morgan fingerprint density at radius 3 is 2.03 bits per heavy atom. The molecule has 5 fully saturated rings. The molecule has 0 heterocycles. The van der Waals surface area contributed by atoms with Crippen LogP contribution < -0.4 is 0 Å². The standard InChI is InChI=1S/C15H19.C13H9.C6H10.2ClH.Zr/c1-2-4-14(3-1)15-8-11-5-12(9-15)7-13(6-11)10-15;1-3-7-12-10(5-1)9-11-6-2-4-8-13(11)12;1-2-4-6-5-3-1;;;/h1,3,11-13H,2,5-10H2;1-5,7-8H,9H2;1-5H2;2*1H;/q2*-1;;;;+2. The Hall–Kier alpha value is -0.747. The normalized spacial score (nSPS) is 29.4. The third-order valence-corrected chi connectivity index (χ3v) is 10.6. The average molecular weight is 611 g/mol. The van der Waals surface area contributed by atoms with Crippen molar-refractivity contribution in [3.63, 3.8) is 0 Å². The summed E-state index contributed by atoms with van der Waals surface area (Å²) < 4.78 is 1.80. The van der Waals surface area contributed by atoms with Crippen molar-refractivity contribution in [3.8, 4) is 11.1 Å². The first-order chi connectivity index (χ1) is 17.2. The summed E-state index contributed by atoms with van der Waals surface area (Å²) in [6, 6.07) is 18.1. The van der Waals surface area contributed by atoms with E-state index in [9.17, 15) is 0 Å². The number of rotatable bonds is 1. The smallest absolute Gasteiger partial charge is 0.0253 e. The minimum atomic E-state index is 0. The number of allylic oxidation sites excluding steroid dienone is 4. The van der Waals surface area contributed by atoms with E-state index >= 15 is 0 Å². The molecule has 9 rings (SSSR count).